The number of rotatable bonds is 7. The van der Waals surface area contributed by atoms with Gasteiger partial charge in [0.15, 0.2) is 0 Å². The highest BCUT2D eigenvalue weighted by atomic mass is 32.2. The van der Waals surface area contributed by atoms with Crippen molar-refractivity contribution in [2.24, 2.45) is 0 Å². The molecule has 1 fully saturated rings. The van der Waals surface area contributed by atoms with Crippen LogP contribution < -0.4 is 10.1 Å². The van der Waals surface area contributed by atoms with Crippen molar-refractivity contribution < 1.29 is 17.9 Å². The maximum Gasteiger partial charge on any atom is 0.243 e. The minimum Gasteiger partial charge on any atom is -0.495 e. The van der Waals surface area contributed by atoms with E-state index in [1.54, 1.807) is 43.5 Å². The minimum absolute atomic E-state index is 0.154. The van der Waals surface area contributed by atoms with Crippen molar-refractivity contribution in [1.29, 1.82) is 0 Å². The van der Waals surface area contributed by atoms with Crippen LogP contribution in [-0.2, 0) is 14.8 Å². The van der Waals surface area contributed by atoms with Crippen molar-refractivity contribution in [3.05, 3.63) is 48.5 Å². The standard InChI is InChI=1S/C19H22N2O4S2/c1-25-18-7-3-2-6-17(18)20-19(22)14-26-15-8-10-16(11-9-15)27(23,24)21-12-4-5-13-21/h2-3,6-11H,4-5,12-14H2,1H3,(H,20,22). The Morgan fingerprint density at radius 3 is 2.44 bits per heavy atom. The Balaban J connectivity index is 1.58. The number of carbonyl (C=O) groups excluding carboxylic acids is 1. The van der Waals surface area contributed by atoms with Crippen molar-refractivity contribution >= 4 is 33.4 Å². The topological polar surface area (TPSA) is 75.7 Å². The Bertz CT molecular complexity index is 892. The second kappa shape index (κ2) is 8.77. The maximum atomic E-state index is 12.5. The second-order valence-corrected chi connectivity index (χ2v) is 9.11. The van der Waals surface area contributed by atoms with Crippen LogP contribution in [0.5, 0.6) is 5.75 Å². The van der Waals surface area contributed by atoms with Crippen LogP contribution in [0.1, 0.15) is 12.8 Å². The number of methoxy groups -OCH3 is 1. The first-order chi connectivity index (χ1) is 13.0. The lowest BCUT2D eigenvalue weighted by atomic mass is 10.3. The Labute approximate surface area is 164 Å². The van der Waals surface area contributed by atoms with Gasteiger partial charge in [-0.2, -0.15) is 4.31 Å². The van der Waals surface area contributed by atoms with Gasteiger partial charge in [0.25, 0.3) is 0 Å². The maximum absolute atomic E-state index is 12.5. The number of hydrogen-bond acceptors (Lipinski definition) is 5. The molecule has 0 aliphatic carbocycles. The Morgan fingerprint density at radius 1 is 1.11 bits per heavy atom. The third kappa shape index (κ3) is 4.82. The van der Waals surface area contributed by atoms with E-state index in [9.17, 15) is 13.2 Å². The van der Waals surface area contributed by atoms with Crippen molar-refractivity contribution in [1.82, 2.24) is 4.31 Å². The third-order valence-electron chi connectivity index (χ3n) is 4.28. The van der Waals surface area contributed by atoms with Crippen LogP contribution in [0.2, 0.25) is 0 Å². The summed E-state index contributed by atoms with van der Waals surface area (Å²) in [5.41, 5.74) is 0.623. The number of para-hydroxylation sites is 2. The van der Waals surface area contributed by atoms with E-state index in [2.05, 4.69) is 5.32 Å². The van der Waals surface area contributed by atoms with Crippen LogP contribution in [0.3, 0.4) is 0 Å². The molecule has 1 amide bonds. The zero-order chi connectivity index (χ0) is 19.3. The van der Waals surface area contributed by atoms with Gasteiger partial charge in [0.1, 0.15) is 5.75 Å². The van der Waals surface area contributed by atoms with Crippen LogP contribution in [0, 0.1) is 0 Å². The number of benzene rings is 2. The van der Waals surface area contributed by atoms with Gasteiger partial charge in [0, 0.05) is 18.0 Å². The van der Waals surface area contributed by atoms with Crippen LogP contribution in [0.25, 0.3) is 0 Å². The van der Waals surface area contributed by atoms with E-state index in [4.69, 9.17) is 4.74 Å². The summed E-state index contributed by atoms with van der Waals surface area (Å²) in [6, 6.07) is 13.9. The van der Waals surface area contributed by atoms with Crippen molar-refractivity contribution in [2.45, 2.75) is 22.6 Å². The molecule has 1 heterocycles. The summed E-state index contributed by atoms with van der Waals surface area (Å²) in [5, 5.41) is 2.82. The number of sulfonamides is 1. The monoisotopic (exact) mass is 406 g/mol. The minimum atomic E-state index is -3.40. The molecule has 3 rings (SSSR count). The van der Waals surface area contributed by atoms with Gasteiger partial charge in [-0.25, -0.2) is 8.42 Å². The Hall–Kier alpha value is -2.03. The molecule has 27 heavy (non-hydrogen) atoms. The molecule has 2 aromatic carbocycles. The van der Waals surface area contributed by atoms with Gasteiger partial charge in [0.05, 0.1) is 23.4 Å². The fourth-order valence-electron chi connectivity index (χ4n) is 2.87. The summed E-state index contributed by atoms with van der Waals surface area (Å²) in [7, 11) is -1.85. The lowest BCUT2D eigenvalue weighted by Gasteiger charge is -2.15. The number of carbonyl (C=O) groups is 1. The number of anilines is 1. The van der Waals surface area contributed by atoms with E-state index in [1.807, 2.05) is 12.1 Å². The molecule has 1 N–H and O–H groups in total. The van der Waals surface area contributed by atoms with Crippen LogP contribution >= 0.6 is 11.8 Å². The normalized spacial score (nSPS) is 14.9. The number of nitrogens with zero attached hydrogens (tertiary/aromatic N) is 1. The smallest absolute Gasteiger partial charge is 0.243 e. The molecule has 1 saturated heterocycles. The highest BCUT2D eigenvalue weighted by molar-refractivity contribution is 8.00. The number of hydrogen-bond donors (Lipinski definition) is 1. The number of ether oxygens (including phenoxy) is 1. The van der Waals surface area contributed by atoms with Gasteiger partial charge < -0.3 is 10.1 Å². The van der Waals surface area contributed by atoms with E-state index in [1.165, 1.54) is 16.1 Å². The summed E-state index contributed by atoms with van der Waals surface area (Å²) in [6.45, 7) is 1.17. The number of amides is 1. The average Bonchev–Trinajstić information content (AvgIpc) is 3.23. The number of thioether (sulfide) groups is 1. The van der Waals surface area contributed by atoms with Crippen molar-refractivity contribution in [3.8, 4) is 5.75 Å². The van der Waals surface area contributed by atoms with Crippen LogP contribution in [0.15, 0.2) is 58.3 Å². The van der Waals surface area contributed by atoms with E-state index in [0.717, 1.165) is 17.7 Å². The molecule has 144 valence electrons. The molecule has 0 bridgehead atoms. The van der Waals surface area contributed by atoms with Crippen molar-refractivity contribution in [2.75, 3.05) is 31.3 Å². The van der Waals surface area contributed by atoms with E-state index in [0.29, 0.717) is 29.4 Å². The molecule has 8 heteroatoms. The zero-order valence-electron chi connectivity index (χ0n) is 15.1. The largest absolute Gasteiger partial charge is 0.495 e. The van der Waals surface area contributed by atoms with Gasteiger partial charge in [-0.1, -0.05) is 12.1 Å². The predicted molar refractivity (Wildman–Crippen MR) is 107 cm³/mol. The van der Waals surface area contributed by atoms with E-state index in [-0.39, 0.29) is 11.7 Å². The fraction of sp³-hybridized carbons (Fsp3) is 0.316. The van der Waals surface area contributed by atoms with E-state index >= 15 is 0 Å². The third-order valence-corrected chi connectivity index (χ3v) is 7.20. The van der Waals surface area contributed by atoms with Gasteiger partial charge in [0.2, 0.25) is 15.9 Å². The molecule has 0 aromatic heterocycles. The molecule has 0 saturated carbocycles. The first kappa shape index (κ1) is 19.7. The molecule has 1 aliphatic heterocycles. The summed E-state index contributed by atoms with van der Waals surface area (Å²) in [4.78, 5) is 13.3. The Kier molecular flexibility index (Phi) is 6.41. The molecular weight excluding hydrogens is 384 g/mol. The van der Waals surface area contributed by atoms with Gasteiger partial charge in [-0.15, -0.1) is 11.8 Å². The van der Waals surface area contributed by atoms with Gasteiger partial charge in [-0.3, -0.25) is 4.79 Å². The molecule has 6 nitrogen and oxygen atoms in total. The zero-order valence-corrected chi connectivity index (χ0v) is 16.7. The lowest BCUT2D eigenvalue weighted by molar-refractivity contribution is -0.113. The first-order valence-corrected chi connectivity index (χ1v) is 11.1. The van der Waals surface area contributed by atoms with Crippen LogP contribution in [-0.4, -0.2) is 44.6 Å². The van der Waals surface area contributed by atoms with Gasteiger partial charge >= 0.3 is 0 Å². The number of nitrogens with one attached hydrogen (secondary N) is 1. The molecule has 1 aliphatic rings. The van der Waals surface area contributed by atoms with Gasteiger partial charge in [-0.05, 0) is 49.2 Å². The quantitative estimate of drug-likeness (QED) is 0.715. The molecule has 0 atom stereocenters. The summed E-state index contributed by atoms with van der Waals surface area (Å²) >= 11 is 1.35. The molecular formula is C19H22N2O4S2. The first-order valence-electron chi connectivity index (χ1n) is 8.66. The summed E-state index contributed by atoms with van der Waals surface area (Å²) in [6.07, 6.45) is 1.82. The molecule has 0 radical (unpaired) electrons. The summed E-state index contributed by atoms with van der Waals surface area (Å²) < 4.78 is 31.8. The van der Waals surface area contributed by atoms with Crippen molar-refractivity contribution in [3.63, 3.8) is 0 Å². The second-order valence-electron chi connectivity index (χ2n) is 6.12. The summed E-state index contributed by atoms with van der Waals surface area (Å²) in [5.74, 6) is 0.668. The highest BCUT2D eigenvalue weighted by Crippen LogP contribution is 2.26. The fourth-order valence-corrected chi connectivity index (χ4v) is 5.08. The predicted octanol–water partition coefficient (Wildman–Crippen LogP) is 3.21. The molecule has 0 unspecified atom stereocenters. The Morgan fingerprint density at radius 2 is 1.78 bits per heavy atom. The lowest BCUT2D eigenvalue weighted by Crippen LogP contribution is -2.27. The molecule has 2 aromatic rings. The molecule has 0 spiro atoms. The average molecular weight is 407 g/mol. The highest BCUT2D eigenvalue weighted by Gasteiger charge is 2.26. The van der Waals surface area contributed by atoms with E-state index < -0.39 is 10.0 Å². The SMILES string of the molecule is COc1ccccc1NC(=O)CSc1ccc(S(=O)(=O)N2CCCC2)cc1. The van der Waals surface area contributed by atoms with Crippen LogP contribution in [0.4, 0.5) is 5.69 Å².